The second-order valence-electron chi connectivity index (χ2n) is 8.27. The van der Waals surface area contributed by atoms with Crippen LogP contribution in [-0.4, -0.2) is 40.7 Å². The summed E-state index contributed by atoms with van der Waals surface area (Å²) in [4.78, 5) is 39.8. The summed E-state index contributed by atoms with van der Waals surface area (Å²) in [5.41, 5.74) is 3.21. The Labute approximate surface area is 208 Å². The molecule has 1 N–H and O–H groups in total. The number of amides is 3. The van der Waals surface area contributed by atoms with E-state index in [4.69, 9.17) is 4.74 Å². The minimum absolute atomic E-state index is 0.214. The smallest absolute Gasteiger partial charge is 0.266 e. The molecule has 1 aliphatic rings. The number of hydrogen-bond donors (Lipinski definition) is 1. The summed E-state index contributed by atoms with van der Waals surface area (Å²) in [6.45, 7) is 2.81. The molecule has 0 saturated heterocycles. The second-order valence-corrected chi connectivity index (χ2v) is 8.27. The molecule has 3 amide bonds. The zero-order valence-corrected chi connectivity index (χ0v) is 19.7. The van der Waals surface area contributed by atoms with Gasteiger partial charge in [0, 0.05) is 18.3 Å². The SMILES string of the molecule is CCOc1ccc(N2C(=O)c3ccc(C(=O)NCCc4cnn(-c5ccccc5)c4)cc3C2=O)cc1. The Bertz CT molecular complexity index is 1430. The number of benzene rings is 3. The van der Waals surface area contributed by atoms with Gasteiger partial charge in [-0.05, 0) is 73.5 Å². The van der Waals surface area contributed by atoms with Crippen LogP contribution in [0, 0.1) is 0 Å². The van der Waals surface area contributed by atoms with Gasteiger partial charge in [-0.1, -0.05) is 18.2 Å². The van der Waals surface area contributed by atoms with Crippen molar-refractivity contribution < 1.29 is 19.1 Å². The number of aromatic nitrogens is 2. The lowest BCUT2D eigenvalue weighted by molar-refractivity contribution is 0.0923. The van der Waals surface area contributed by atoms with Crippen LogP contribution in [-0.2, 0) is 6.42 Å². The largest absolute Gasteiger partial charge is 0.494 e. The number of hydrogen-bond acceptors (Lipinski definition) is 5. The maximum absolute atomic E-state index is 13.0. The van der Waals surface area contributed by atoms with E-state index >= 15 is 0 Å². The van der Waals surface area contributed by atoms with Gasteiger partial charge in [-0.2, -0.15) is 5.10 Å². The first-order valence-electron chi connectivity index (χ1n) is 11.7. The predicted octanol–water partition coefficient (Wildman–Crippen LogP) is 4.04. The summed E-state index contributed by atoms with van der Waals surface area (Å²) in [7, 11) is 0. The molecule has 0 saturated carbocycles. The summed E-state index contributed by atoms with van der Waals surface area (Å²) < 4.78 is 7.21. The Morgan fingerprint density at radius 1 is 0.917 bits per heavy atom. The normalized spacial score (nSPS) is 12.5. The molecule has 0 atom stereocenters. The van der Waals surface area contributed by atoms with E-state index in [1.54, 1.807) is 41.2 Å². The second kappa shape index (κ2) is 9.87. The predicted molar refractivity (Wildman–Crippen MR) is 135 cm³/mol. The Kier molecular flexibility index (Phi) is 6.32. The molecule has 4 aromatic rings. The molecular weight excluding hydrogens is 456 g/mol. The van der Waals surface area contributed by atoms with Gasteiger partial charge in [0.25, 0.3) is 17.7 Å². The van der Waals surface area contributed by atoms with E-state index < -0.39 is 11.8 Å². The van der Waals surface area contributed by atoms with E-state index in [9.17, 15) is 14.4 Å². The standard InChI is InChI=1S/C28H24N4O4/c1-2-36-23-11-9-22(10-12-23)32-27(34)24-13-8-20(16-25(24)28(32)35)26(33)29-15-14-19-17-30-31(18-19)21-6-4-3-5-7-21/h3-13,16-18H,2,14-15H2,1H3,(H,29,33). The number of nitrogens with zero attached hydrogens (tertiary/aromatic N) is 3. The molecule has 0 radical (unpaired) electrons. The molecule has 36 heavy (non-hydrogen) atoms. The van der Waals surface area contributed by atoms with Gasteiger partial charge in [0.15, 0.2) is 0 Å². The summed E-state index contributed by atoms with van der Waals surface area (Å²) in [6, 6.07) is 21.1. The van der Waals surface area contributed by atoms with Crippen molar-refractivity contribution in [2.24, 2.45) is 0 Å². The van der Waals surface area contributed by atoms with E-state index in [0.717, 1.165) is 16.2 Å². The molecule has 3 aromatic carbocycles. The van der Waals surface area contributed by atoms with Crippen LogP contribution in [0.2, 0.25) is 0 Å². The van der Waals surface area contributed by atoms with Crippen molar-refractivity contribution in [3.63, 3.8) is 0 Å². The highest BCUT2D eigenvalue weighted by atomic mass is 16.5. The highest BCUT2D eigenvalue weighted by Crippen LogP contribution is 2.30. The molecule has 180 valence electrons. The van der Waals surface area contributed by atoms with Gasteiger partial charge in [0.05, 0.1) is 35.3 Å². The number of ether oxygens (including phenoxy) is 1. The maximum Gasteiger partial charge on any atom is 0.266 e. The monoisotopic (exact) mass is 480 g/mol. The molecule has 0 unspecified atom stereocenters. The molecule has 0 bridgehead atoms. The maximum atomic E-state index is 13.0. The Balaban J connectivity index is 1.23. The lowest BCUT2D eigenvalue weighted by atomic mass is 10.1. The van der Waals surface area contributed by atoms with E-state index in [2.05, 4.69) is 10.4 Å². The van der Waals surface area contributed by atoms with Crippen molar-refractivity contribution in [2.45, 2.75) is 13.3 Å². The zero-order chi connectivity index (χ0) is 25.1. The molecular formula is C28H24N4O4. The van der Waals surface area contributed by atoms with Crippen LogP contribution in [0.25, 0.3) is 5.69 Å². The van der Waals surface area contributed by atoms with Crippen molar-refractivity contribution in [2.75, 3.05) is 18.1 Å². The van der Waals surface area contributed by atoms with Crippen LogP contribution >= 0.6 is 0 Å². The fourth-order valence-electron chi connectivity index (χ4n) is 4.11. The van der Waals surface area contributed by atoms with Crippen LogP contribution in [0.15, 0.2) is 85.2 Å². The van der Waals surface area contributed by atoms with Crippen LogP contribution < -0.4 is 15.0 Å². The van der Waals surface area contributed by atoms with Crippen LogP contribution in [0.4, 0.5) is 5.69 Å². The number of imide groups is 1. The number of para-hydroxylation sites is 1. The van der Waals surface area contributed by atoms with Gasteiger partial charge >= 0.3 is 0 Å². The van der Waals surface area contributed by atoms with Crippen LogP contribution in [0.1, 0.15) is 43.6 Å². The van der Waals surface area contributed by atoms with Crippen LogP contribution in [0.3, 0.4) is 0 Å². The van der Waals surface area contributed by atoms with Crippen molar-refractivity contribution in [1.82, 2.24) is 15.1 Å². The molecule has 2 heterocycles. The Morgan fingerprint density at radius 2 is 1.67 bits per heavy atom. The van der Waals surface area contributed by atoms with Crippen molar-refractivity contribution in [3.8, 4) is 11.4 Å². The van der Waals surface area contributed by atoms with E-state index in [0.29, 0.717) is 36.6 Å². The third-order valence-electron chi connectivity index (χ3n) is 5.91. The Morgan fingerprint density at radius 3 is 2.42 bits per heavy atom. The van der Waals surface area contributed by atoms with Gasteiger partial charge in [-0.25, -0.2) is 9.58 Å². The van der Waals surface area contributed by atoms with E-state index in [1.165, 1.54) is 12.1 Å². The first kappa shape index (κ1) is 23.0. The van der Waals surface area contributed by atoms with Crippen molar-refractivity contribution in [1.29, 1.82) is 0 Å². The molecule has 0 spiro atoms. The average Bonchev–Trinajstić information content (AvgIpc) is 3.48. The minimum Gasteiger partial charge on any atom is -0.494 e. The van der Waals surface area contributed by atoms with E-state index in [-0.39, 0.29) is 17.0 Å². The fourth-order valence-corrected chi connectivity index (χ4v) is 4.11. The summed E-state index contributed by atoms with van der Waals surface area (Å²) in [5, 5.41) is 7.24. The van der Waals surface area contributed by atoms with Gasteiger partial charge in [-0.3, -0.25) is 14.4 Å². The number of carbonyl (C=O) groups excluding carboxylic acids is 3. The van der Waals surface area contributed by atoms with Crippen molar-refractivity contribution >= 4 is 23.4 Å². The summed E-state index contributed by atoms with van der Waals surface area (Å²) >= 11 is 0. The third-order valence-corrected chi connectivity index (χ3v) is 5.91. The minimum atomic E-state index is -0.456. The molecule has 8 heteroatoms. The lowest BCUT2D eigenvalue weighted by Crippen LogP contribution is -2.29. The number of anilines is 1. The van der Waals surface area contributed by atoms with Crippen molar-refractivity contribution in [3.05, 3.63) is 107 Å². The topological polar surface area (TPSA) is 93.5 Å². The van der Waals surface area contributed by atoms with Gasteiger partial charge < -0.3 is 10.1 Å². The molecule has 1 aromatic heterocycles. The number of fused-ring (bicyclic) bond motifs is 1. The highest BCUT2D eigenvalue weighted by Gasteiger charge is 2.37. The lowest BCUT2D eigenvalue weighted by Gasteiger charge is -2.14. The molecule has 8 nitrogen and oxygen atoms in total. The van der Waals surface area contributed by atoms with Gasteiger partial charge in [0.2, 0.25) is 0 Å². The molecule has 1 aliphatic heterocycles. The molecule has 5 rings (SSSR count). The summed E-state index contributed by atoms with van der Waals surface area (Å²) in [5.74, 6) is -0.527. The molecule has 0 aliphatic carbocycles. The van der Waals surface area contributed by atoms with Crippen LogP contribution in [0.5, 0.6) is 5.75 Å². The average molecular weight is 481 g/mol. The number of rotatable bonds is 8. The summed E-state index contributed by atoms with van der Waals surface area (Å²) in [6.07, 6.45) is 4.30. The third kappa shape index (κ3) is 4.48. The first-order valence-corrected chi connectivity index (χ1v) is 11.7. The Hall–Kier alpha value is -4.72. The molecule has 0 fully saturated rings. The quantitative estimate of drug-likeness (QED) is 0.384. The fraction of sp³-hybridized carbons (Fsp3) is 0.143. The highest BCUT2D eigenvalue weighted by molar-refractivity contribution is 6.34. The van der Waals surface area contributed by atoms with Gasteiger partial charge in [-0.15, -0.1) is 0 Å². The van der Waals surface area contributed by atoms with Gasteiger partial charge in [0.1, 0.15) is 5.75 Å². The zero-order valence-electron chi connectivity index (χ0n) is 19.7. The number of carbonyl (C=O) groups is 3. The number of nitrogens with one attached hydrogen (secondary N) is 1. The first-order chi connectivity index (χ1) is 17.5. The van der Waals surface area contributed by atoms with E-state index in [1.807, 2.05) is 43.5 Å².